The van der Waals surface area contributed by atoms with Crippen LogP contribution in [0.25, 0.3) is 11.3 Å². The van der Waals surface area contributed by atoms with E-state index in [1.165, 1.54) is 24.8 Å². The van der Waals surface area contributed by atoms with Crippen molar-refractivity contribution in [1.29, 1.82) is 0 Å². The molecule has 1 saturated heterocycles. The van der Waals surface area contributed by atoms with Crippen LogP contribution in [0.15, 0.2) is 53.3 Å². The van der Waals surface area contributed by atoms with Crippen molar-refractivity contribution in [2.75, 3.05) is 13.3 Å². The Bertz CT molecular complexity index is 941. The van der Waals surface area contributed by atoms with E-state index in [9.17, 15) is 0 Å². The van der Waals surface area contributed by atoms with Gasteiger partial charge in [-0.3, -0.25) is 9.88 Å². The molecule has 0 amide bonds. The molecule has 4 heterocycles. The van der Waals surface area contributed by atoms with Gasteiger partial charge in [-0.25, -0.2) is 0 Å². The lowest BCUT2D eigenvalue weighted by atomic mass is 10.0. The topological polar surface area (TPSA) is 60.6 Å². The number of ether oxygens (including phenoxy) is 2. The molecule has 1 atom stereocenters. The standard InChI is InChI=1S/C22H23N3O3/c1-2-4-19(25(11-3-1)14-16-7-9-23-10-8-16)18-13-21(28-24-18)17-5-6-20-22(12-17)27-15-26-20/h5-10,12-13,19H,1-4,11,14-15H2/t19-/m1/s1. The SMILES string of the molecule is c1cc(CN2CCCCC[C@@H]2c2cc(-c3ccc4c(c3)OCO4)on2)ccn1. The quantitative estimate of drug-likeness (QED) is 0.663. The van der Waals surface area contributed by atoms with Crippen LogP contribution < -0.4 is 9.47 Å². The summed E-state index contributed by atoms with van der Waals surface area (Å²) in [5.74, 6) is 2.29. The van der Waals surface area contributed by atoms with Gasteiger partial charge in [0.15, 0.2) is 17.3 Å². The van der Waals surface area contributed by atoms with Gasteiger partial charge in [0, 0.05) is 30.6 Å². The maximum Gasteiger partial charge on any atom is 0.231 e. The third-order valence-corrected chi connectivity index (χ3v) is 5.53. The minimum absolute atomic E-state index is 0.266. The van der Waals surface area contributed by atoms with Crippen LogP contribution in [0, 0.1) is 0 Å². The van der Waals surface area contributed by atoms with Crippen LogP contribution >= 0.6 is 0 Å². The summed E-state index contributed by atoms with van der Waals surface area (Å²) in [5, 5.41) is 4.44. The highest BCUT2D eigenvalue weighted by molar-refractivity contribution is 5.63. The Morgan fingerprint density at radius 1 is 0.964 bits per heavy atom. The average molecular weight is 377 g/mol. The molecule has 0 unspecified atom stereocenters. The Morgan fingerprint density at radius 2 is 1.86 bits per heavy atom. The van der Waals surface area contributed by atoms with E-state index in [1.807, 2.05) is 30.6 Å². The van der Waals surface area contributed by atoms with Gasteiger partial charge in [0.25, 0.3) is 0 Å². The fourth-order valence-corrected chi connectivity index (χ4v) is 4.05. The summed E-state index contributed by atoms with van der Waals surface area (Å²) in [5.41, 5.74) is 3.24. The molecule has 2 aliphatic heterocycles. The molecule has 6 heteroatoms. The maximum absolute atomic E-state index is 5.72. The van der Waals surface area contributed by atoms with Gasteiger partial charge in [0.2, 0.25) is 6.79 Å². The smallest absolute Gasteiger partial charge is 0.231 e. The zero-order chi connectivity index (χ0) is 18.8. The van der Waals surface area contributed by atoms with Gasteiger partial charge in [-0.2, -0.15) is 0 Å². The van der Waals surface area contributed by atoms with Crippen LogP contribution in [0.2, 0.25) is 0 Å². The first-order valence-electron chi connectivity index (χ1n) is 9.86. The monoisotopic (exact) mass is 377 g/mol. The van der Waals surface area contributed by atoms with E-state index >= 15 is 0 Å². The third kappa shape index (κ3) is 3.47. The average Bonchev–Trinajstić information content (AvgIpc) is 3.35. The molecule has 28 heavy (non-hydrogen) atoms. The molecule has 6 nitrogen and oxygen atoms in total. The lowest BCUT2D eigenvalue weighted by molar-refractivity contribution is 0.174. The maximum atomic E-state index is 5.72. The van der Waals surface area contributed by atoms with E-state index in [4.69, 9.17) is 14.0 Å². The Morgan fingerprint density at radius 3 is 2.79 bits per heavy atom. The second-order valence-electron chi connectivity index (χ2n) is 7.38. The largest absolute Gasteiger partial charge is 0.454 e. The molecule has 0 radical (unpaired) electrons. The molecule has 2 aromatic heterocycles. The van der Waals surface area contributed by atoms with Gasteiger partial charge in [0.05, 0.1) is 6.04 Å². The molecule has 5 rings (SSSR count). The summed E-state index contributed by atoms with van der Waals surface area (Å²) in [7, 11) is 0. The summed E-state index contributed by atoms with van der Waals surface area (Å²) < 4.78 is 16.6. The van der Waals surface area contributed by atoms with E-state index in [1.54, 1.807) is 0 Å². The van der Waals surface area contributed by atoms with E-state index in [0.717, 1.165) is 48.0 Å². The summed E-state index contributed by atoms with van der Waals surface area (Å²) >= 11 is 0. The molecule has 1 fully saturated rings. The van der Waals surface area contributed by atoms with Crippen molar-refractivity contribution in [1.82, 2.24) is 15.0 Å². The molecule has 0 aliphatic carbocycles. The number of fused-ring (bicyclic) bond motifs is 1. The van der Waals surface area contributed by atoms with Gasteiger partial charge >= 0.3 is 0 Å². The second-order valence-corrected chi connectivity index (χ2v) is 7.38. The van der Waals surface area contributed by atoms with Crippen LogP contribution in [0.1, 0.15) is 43.0 Å². The summed E-state index contributed by atoms with van der Waals surface area (Å²) in [6.07, 6.45) is 8.50. The minimum atomic E-state index is 0.266. The fraction of sp³-hybridized carbons (Fsp3) is 0.364. The molecular formula is C22H23N3O3. The van der Waals surface area contributed by atoms with Crippen LogP contribution in [-0.4, -0.2) is 28.4 Å². The lowest BCUT2D eigenvalue weighted by Gasteiger charge is -2.28. The number of benzene rings is 1. The Hall–Kier alpha value is -2.86. The van der Waals surface area contributed by atoms with E-state index in [-0.39, 0.29) is 12.8 Å². The van der Waals surface area contributed by atoms with Gasteiger partial charge in [-0.15, -0.1) is 0 Å². The number of pyridine rings is 1. The zero-order valence-corrected chi connectivity index (χ0v) is 15.7. The van der Waals surface area contributed by atoms with Crippen molar-refractivity contribution in [2.45, 2.75) is 38.3 Å². The third-order valence-electron chi connectivity index (χ3n) is 5.53. The van der Waals surface area contributed by atoms with Gasteiger partial charge < -0.3 is 14.0 Å². The number of likely N-dealkylation sites (tertiary alicyclic amines) is 1. The molecule has 0 spiro atoms. The number of aromatic nitrogens is 2. The van der Waals surface area contributed by atoms with Gasteiger partial charge in [-0.1, -0.05) is 18.0 Å². The molecule has 3 aromatic rings. The number of rotatable bonds is 4. The van der Waals surface area contributed by atoms with Crippen molar-refractivity contribution in [3.8, 4) is 22.8 Å². The summed E-state index contributed by atoms with van der Waals surface area (Å²) in [6, 6.07) is 12.4. The number of nitrogens with zero attached hydrogens (tertiary/aromatic N) is 3. The van der Waals surface area contributed by atoms with Crippen molar-refractivity contribution in [3.63, 3.8) is 0 Å². The Labute approximate surface area is 164 Å². The van der Waals surface area contributed by atoms with Crippen molar-refractivity contribution in [3.05, 3.63) is 60.0 Å². The molecule has 144 valence electrons. The van der Waals surface area contributed by atoms with Gasteiger partial charge in [-0.05, 0) is 55.3 Å². The van der Waals surface area contributed by atoms with Crippen LogP contribution in [0.4, 0.5) is 0 Å². The molecular weight excluding hydrogens is 354 g/mol. The van der Waals surface area contributed by atoms with Gasteiger partial charge in [0.1, 0.15) is 5.69 Å². The van der Waals surface area contributed by atoms with Crippen molar-refractivity contribution < 1.29 is 14.0 Å². The van der Waals surface area contributed by atoms with Crippen molar-refractivity contribution >= 4 is 0 Å². The zero-order valence-electron chi connectivity index (χ0n) is 15.7. The highest BCUT2D eigenvalue weighted by Crippen LogP contribution is 2.37. The van der Waals surface area contributed by atoms with Crippen LogP contribution in [0.3, 0.4) is 0 Å². The van der Waals surface area contributed by atoms with E-state index < -0.39 is 0 Å². The molecule has 0 N–H and O–H groups in total. The number of hydrogen-bond acceptors (Lipinski definition) is 6. The fourth-order valence-electron chi connectivity index (χ4n) is 4.05. The first kappa shape index (κ1) is 17.3. The molecule has 0 bridgehead atoms. The Kier molecular flexibility index (Phi) is 4.71. The highest BCUT2D eigenvalue weighted by atomic mass is 16.7. The summed E-state index contributed by atoms with van der Waals surface area (Å²) in [4.78, 5) is 6.65. The van der Waals surface area contributed by atoms with Crippen LogP contribution in [0.5, 0.6) is 11.5 Å². The second kappa shape index (κ2) is 7.64. The van der Waals surface area contributed by atoms with Crippen molar-refractivity contribution in [2.24, 2.45) is 0 Å². The molecule has 0 saturated carbocycles. The lowest BCUT2D eigenvalue weighted by Crippen LogP contribution is -2.28. The van der Waals surface area contributed by atoms with E-state index in [0.29, 0.717) is 0 Å². The Balaban J connectivity index is 1.40. The number of hydrogen-bond donors (Lipinski definition) is 0. The normalized spacial score (nSPS) is 19.5. The molecule has 1 aromatic carbocycles. The predicted octanol–water partition coefficient (Wildman–Crippen LogP) is 4.58. The first-order chi connectivity index (χ1) is 13.9. The predicted molar refractivity (Wildman–Crippen MR) is 104 cm³/mol. The first-order valence-corrected chi connectivity index (χ1v) is 9.86. The van der Waals surface area contributed by atoms with E-state index in [2.05, 4.69) is 33.2 Å². The minimum Gasteiger partial charge on any atom is -0.454 e. The van der Waals surface area contributed by atoms with Crippen LogP contribution in [-0.2, 0) is 6.54 Å². The molecule has 2 aliphatic rings. The summed E-state index contributed by atoms with van der Waals surface area (Å²) in [6.45, 7) is 2.24. The highest BCUT2D eigenvalue weighted by Gasteiger charge is 2.26.